The highest BCUT2D eigenvalue weighted by atomic mass is 19.1. The molecule has 1 rings (SSSR count). The van der Waals surface area contributed by atoms with Crippen molar-refractivity contribution in [2.24, 2.45) is 5.73 Å². The standard InChI is InChI=1S/C16H32FN3O2/c1-16(2,3)22-15(21)19(4)9-8-12(17)11-20(5)14-7-6-13(18)10-14/h12-14H,6-11,18H2,1-5H3/t12?,13-,14?/m0/s1. The van der Waals surface area contributed by atoms with Gasteiger partial charge in [0.25, 0.3) is 0 Å². The zero-order valence-electron chi connectivity index (χ0n) is 14.6. The Morgan fingerprint density at radius 2 is 2.00 bits per heavy atom. The van der Waals surface area contributed by atoms with Crippen LogP contribution in [0.5, 0.6) is 0 Å². The number of ether oxygens (including phenoxy) is 1. The number of nitrogens with zero attached hydrogens (tertiary/aromatic N) is 2. The van der Waals surface area contributed by atoms with E-state index in [9.17, 15) is 9.18 Å². The van der Waals surface area contributed by atoms with Crippen LogP contribution in [0, 0.1) is 0 Å². The quantitative estimate of drug-likeness (QED) is 0.817. The van der Waals surface area contributed by atoms with E-state index in [1.54, 1.807) is 7.05 Å². The van der Waals surface area contributed by atoms with Crippen LogP contribution in [0.4, 0.5) is 9.18 Å². The third kappa shape index (κ3) is 6.92. The molecule has 3 atom stereocenters. The Bertz CT molecular complexity index is 360. The molecule has 0 saturated heterocycles. The highest BCUT2D eigenvalue weighted by Crippen LogP contribution is 2.22. The molecule has 1 saturated carbocycles. The molecule has 22 heavy (non-hydrogen) atoms. The molecule has 2 unspecified atom stereocenters. The number of carbonyl (C=O) groups is 1. The highest BCUT2D eigenvalue weighted by Gasteiger charge is 2.27. The predicted molar refractivity (Wildman–Crippen MR) is 86.6 cm³/mol. The number of nitrogens with two attached hydrogens (primary N) is 1. The Morgan fingerprint density at radius 1 is 1.36 bits per heavy atom. The number of hydrogen-bond acceptors (Lipinski definition) is 4. The zero-order chi connectivity index (χ0) is 16.9. The summed E-state index contributed by atoms with van der Waals surface area (Å²) in [7, 11) is 3.59. The number of carbonyl (C=O) groups excluding carboxylic acids is 1. The second-order valence-corrected chi connectivity index (χ2v) is 7.45. The summed E-state index contributed by atoms with van der Waals surface area (Å²) in [5.74, 6) is 0. The van der Waals surface area contributed by atoms with Gasteiger partial charge in [-0.25, -0.2) is 9.18 Å². The third-order valence-electron chi connectivity index (χ3n) is 4.04. The van der Waals surface area contributed by atoms with Crippen LogP contribution in [0.3, 0.4) is 0 Å². The molecule has 1 aliphatic carbocycles. The minimum absolute atomic E-state index is 0.254. The van der Waals surface area contributed by atoms with Crippen molar-refractivity contribution < 1.29 is 13.9 Å². The first-order valence-electron chi connectivity index (χ1n) is 8.12. The number of rotatable bonds is 6. The van der Waals surface area contributed by atoms with Gasteiger partial charge in [0.1, 0.15) is 11.8 Å². The largest absolute Gasteiger partial charge is 0.444 e. The van der Waals surface area contributed by atoms with E-state index in [1.807, 2.05) is 27.8 Å². The molecule has 130 valence electrons. The minimum atomic E-state index is -0.952. The first-order chi connectivity index (χ1) is 10.1. The van der Waals surface area contributed by atoms with Crippen molar-refractivity contribution in [3.63, 3.8) is 0 Å². The van der Waals surface area contributed by atoms with E-state index in [0.29, 0.717) is 25.6 Å². The predicted octanol–water partition coefficient (Wildman–Crippen LogP) is 2.39. The summed E-state index contributed by atoms with van der Waals surface area (Å²) >= 11 is 0. The average Bonchev–Trinajstić information content (AvgIpc) is 2.80. The summed E-state index contributed by atoms with van der Waals surface area (Å²) in [4.78, 5) is 15.3. The van der Waals surface area contributed by atoms with Gasteiger partial charge in [0.2, 0.25) is 0 Å². The molecule has 0 bridgehead atoms. The molecule has 0 radical (unpaired) electrons. The van der Waals surface area contributed by atoms with E-state index in [2.05, 4.69) is 4.90 Å². The Balaban J connectivity index is 2.27. The van der Waals surface area contributed by atoms with Gasteiger partial charge >= 0.3 is 6.09 Å². The third-order valence-corrected chi connectivity index (χ3v) is 4.04. The van der Waals surface area contributed by atoms with Crippen LogP contribution in [0.1, 0.15) is 46.5 Å². The van der Waals surface area contributed by atoms with Crippen LogP contribution in [0.15, 0.2) is 0 Å². The second kappa shape index (κ2) is 8.11. The molecule has 0 aromatic carbocycles. The maximum atomic E-state index is 14.1. The van der Waals surface area contributed by atoms with Crippen LogP contribution < -0.4 is 5.73 Å². The topological polar surface area (TPSA) is 58.8 Å². The molecule has 1 amide bonds. The van der Waals surface area contributed by atoms with Crippen LogP contribution in [-0.4, -0.2) is 66.9 Å². The summed E-state index contributed by atoms with van der Waals surface area (Å²) in [6, 6.07) is 0.639. The van der Waals surface area contributed by atoms with Crippen molar-refractivity contribution >= 4 is 6.09 Å². The van der Waals surface area contributed by atoms with Crippen molar-refractivity contribution in [2.45, 2.75) is 70.3 Å². The lowest BCUT2D eigenvalue weighted by Gasteiger charge is -2.27. The molecule has 0 aromatic rings. The van der Waals surface area contributed by atoms with Gasteiger partial charge < -0.3 is 20.3 Å². The first kappa shape index (κ1) is 19.2. The van der Waals surface area contributed by atoms with Gasteiger partial charge in [-0.15, -0.1) is 0 Å². The molecular formula is C16H32FN3O2. The van der Waals surface area contributed by atoms with Crippen molar-refractivity contribution in [3.8, 4) is 0 Å². The SMILES string of the molecule is CN(CCC(F)CN(C)C1CC[C@H](N)C1)C(=O)OC(C)(C)C. The van der Waals surface area contributed by atoms with E-state index in [1.165, 1.54) is 4.90 Å². The molecule has 1 aliphatic rings. The fraction of sp³-hybridized carbons (Fsp3) is 0.938. The smallest absolute Gasteiger partial charge is 0.410 e. The number of alkyl halides is 1. The summed E-state index contributed by atoms with van der Waals surface area (Å²) in [5, 5.41) is 0. The minimum Gasteiger partial charge on any atom is -0.444 e. The fourth-order valence-corrected chi connectivity index (χ4v) is 2.71. The van der Waals surface area contributed by atoms with Crippen LogP contribution >= 0.6 is 0 Å². The van der Waals surface area contributed by atoms with Gasteiger partial charge in [-0.3, -0.25) is 0 Å². The Hall–Kier alpha value is -0.880. The fourth-order valence-electron chi connectivity index (χ4n) is 2.71. The van der Waals surface area contributed by atoms with Gasteiger partial charge in [-0.1, -0.05) is 0 Å². The van der Waals surface area contributed by atoms with E-state index >= 15 is 0 Å². The zero-order valence-corrected chi connectivity index (χ0v) is 14.6. The maximum Gasteiger partial charge on any atom is 0.410 e. The molecule has 5 nitrogen and oxygen atoms in total. The molecule has 1 fully saturated rings. The van der Waals surface area contributed by atoms with Gasteiger partial charge in [0, 0.05) is 32.2 Å². The Morgan fingerprint density at radius 3 is 2.50 bits per heavy atom. The summed E-state index contributed by atoms with van der Waals surface area (Å²) in [6.45, 7) is 6.20. The van der Waals surface area contributed by atoms with E-state index in [-0.39, 0.29) is 6.04 Å². The van der Waals surface area contributed by atoms with E-state index in [4.69, 9.17) is 10.5 Å². The normalized spacial score (nSPS) is 23.6. The van der Waals surface area contributed by atoms with E-state index in [0.717, 1.165) is 19.3 Å². The van der Waals surface area contributed by atoms with Gasteiger partial charge in [0.05, 0.1) is 0 Å². The van der Waals surface area contributed by atoms with Crippen LogP contribution in [0.25, 0.3) is 0 Å². The Labute approximate surface area is 134 Å². The lowest BCUT2D eigenvalue weighted by molar-refractivity contribution is 0.0282. The lowest BCUT2D eigenvalue weighted by atomic mass is 10.2. The van der Waals surface area contributed by atoms with Gasteiger partial charge in [0.15, 0.2) is 0 Å². The van der Waals surface area contributed by atoms with Crippen molar-refractivity contribution in [3.05, 3.63) is 0 Å². The molecule has 0 spiro atoms. The van der Waals surface area contributed by atoms with E-state index < -0.39 is 17.9 Å². The summed E-state index contributed by atoms with van der Waals surface area (Å²) in [5.41, 5.74) is 5.37. The van der Waals surface area contributed by atoms with Crippen LogP contribution in [0.2, 0.25) is 0 Å². The Kier molecular flexibility index (Phi) is 7.06. The number of amides is 1. The average molecular weight is 317 g/mol. The molecule has 0 heterocycles. The molecule has 2 N–H and O–H groups in total. The lowest BCUT2D eigenvalue weighted by Crippen LogP contribution is -2.38. The monoisotopic (exact) mass is 317 g/mol. The molecule has 0 aromatic heterocycles. The van der Waals surface area contributed by atoms with Gasteiger partial charge in [-0.2, -0.15) is 0 Å². The highest BCUT2D eigenvalue weighted by molar-refractivity contribution is 5.67. The molecule has 0 aliphatic heterocycles. The number of hydrogen-bond donors (Lipinski definition) is 1. The van der Waals surface area contributed by atoms with Crippen molar-refractivity contribution in [1.82, 2.24) is 9.80 Å². The summed E-state index contributed by atoms with van der Waals surface area (Å²) in [6.07, 6.45) is 1.97. The first-order valence-corrected chi connectivity index (χ1v) is 8.12. The van der Waals surface area contributed by atoms with Crippen molar-refractivity contribution in [2.75, 3.05) is 27.2 Å². The second-order valence-electron chi connectivity index (χ2n) is 7.45. The maximum absolute atomic E-state index is 14.1. The van der Waals surface area contributed by atoms with Crippen molar-refractivity contribution in [1.29, 1.82) is 0 Å². The molecular weight excluding hydrogens is 285 g/mol. The molecule has 6 heteroatoms. The summed E-state index contributed by atoms with van der Waals surface area (Å²) < 4.78 is 19.4. The number of halogens is 1. The van der Waals surface area contributed by atoms with Crippen LogP contribution in [-0.2, 0) is 4.74 Å². The van der Waals surface area contributed by atoms with Gasteiger partial charge in [-0.05, 0) is 53.5 Å².